The van der Waals surface area contributed by atoms with Crippen LogP contribution in [0.4, 0.5) is 18.4 Å². The zero-order chi connectivity index (χ0) is 28.4. The van der Waals surface area contributed by atoms with Gasteiger partial charge in [0.05, 0.1) is 18.4 Å². The molecular weight excluding hydrogens is 524 g/mol. The lowest BCUT2D eigenvalue weighted by Gasteiger charge is -2.39. The van der Waals surface area contributed by atoms with Gasteiger partial charge in [0.1, 0.15) is 11.6 Å². The standard InChI is InChI=1S/C28H31F2N5O5/c1-40-25(36)20-15-32-26(37)35(24(20)17-5-6-21(29)22(30)14-17)27(38)33-18-9-13-34(16-18)19-7-10-28(39,11-8-19)23-4-2-3-12-31-23/h2-6,12,14-15,18-19,24,39H,7-11,13,16H2,1H3,(H,32,37)(H,33,38)/t18-,19?,24+,28?/m1/s1. The summed E-state index contributed by atoms with van der Waals surface area (Å²) >= 11 is 0. The number of likely N-dealkylation sites (tertiary alicyclic amines) is 1. The molecule has 0 bridgehead atoms. The quantitative estimate of drug-likeness (QED) is 0.485. The van der Waals surface area contributed by atoms with Gasteiger partial charge in [-0.05, 0) is 61.9 Å². The lowest BCUT2D eigenvalue weighted by atomic mass is 9.79. The minimum absolute atomic E-state index is 0.0381. The van der Waals surface area contributed by atoms with Crippen molar-refractivity contribution in [3.8, 4) is 0 Å². The van der Waals surface area contributed by atoms with E-state index in [2.05, 4.69) is 20.5 Å². The summed E-state index contributed by atoms with van der Waals surface area (Å²) in [5.74, 6) is -3.11. The summed E-state index contributed by atoms with van der Waals surface area (Å²) in [6, 6.07) is 5.48. The number of aromatic nitrogens is 1. The third kappa shape index (κ3) is 5.41. The fourth-order valence-electron chi connectivity index (χ4n) is 5.87. The zero-order valence-electron chi connectivity index (χ0n) is 22.0. The number of pyridine rings is 1. The second-order valence-corrected chi connectivity index (χ2v) is 10.4. The Bertz CT molecular complexity index is 1320. The highest BCUT2D eigenvalue weighted by atomic mass is 19.2. The van der Waals surface area contributed by atoms with Gasteiger partial charge in [-0.15, -0.1) is 0 Å². The van der Waals surface area contributed by atoms with Crippen molar-refractivity contribution in [3.63, 3.8) is 0 Å². The molecule has 2 aromatic rings. The number of halogens is 2. The molecule has 3 heterocycles. The van der Waals surface area contributed by atoms with Crippen LogP contribution in [0.15, 0.2) is 54.4 Å². The van der Waals surface area contributed by atoms with Crippen LogP contribution in [0.5, 0.6) is 0 Å². The number of nitrogens with zero attached hydrogens (tertiary/aromatic N) is 3. The number of urea groups is 2. The topological polar surface area (TPSA) is 124 Å². The largest absolute Gasteiger partial charge is 0.466 e. The van der Waals surface area contributed by atoms with Crippen LogP contribution < -0.4 is 10.6 Å². The summed E-state index contributed by atoms with van der Waals surface area (Å²) in [6.07, 6.45) is 6.12. The van der Waals surface area contributed by atoms with Crippen LogP contribution in [0.3, 0.4) is 0 Å². The number of ether oxygens (including phenoxy) is 1. The minimum Gasteiger partial charge on any atom is -0.466 e. The molecule has 40 heavy (non-hydrogen) atoms. The van der Waals surface area contributed by atoms with Gasteiger partial charge in [0.25, 0.3) is 0 Å². The highest BCUT2D eigenvalue weighted by Crippen LogP contribution is 2.38. The summed E-state index contributed by atoms with van der Waals surface area (Å²) in [7, 11) is 1.14. The number of benzene rings is 1. The van der Waals surface area contributed by atoms with Crippen LogP contribution in [-0.2, 0) is 15.1 Å². The van der Waals surface area contributed by atoms with Crippen LogP contribution in [-0.4, -0.2) is 70.2 Å². The molecule has 1 saturated heterocycles. The summed E-state index contributed by atoms with van der Waals surface area (Å²) in [5, 5.41) is 16.3. The summed E-state index contributed by atoms with van der Waals surface area (Å²) in [5.41, 5.74) is -0.349. The molecule has 0 unspecified atom stereocenters. The van der Waals surface area contributed by atoms with Crippen molar-refractivity contribution in [3.05, 3.63) is 77.3 Å². The smallest absolute Gasteiger partial charge is 0.337 e. The first kappa shape index (κ1) is 27.7. The van der Waals surface area contributed by atoms with Crippen LogP contribution in [0.2, 0.25) is 0 Å². The summed E-state index contributed by atoms with van der Waals surface area (Å²) in [6.45, 7) is 1.27. The second kappa shape index (κ2) is 11.3. The number of carbonyl (C=O) groups excluding carboxylic acids is 3. The number of carbonyl (C=O) groups is 3. The van der Waals surface area contributed by atoms with Crippen molar-refractivity contribution in [1.82, 2.24) is 25.4 Å². The monoisotopic (exact) mass is 555 g/mol. The maximum Gasteiger partial charge on any atom is 0.337 e. The van der Waals surface area contributed by atoms with Gasteiger partial charge >= 0.3 is 18.0 Å². The van der Waals surface area contributed by atoms with Gasteiger partial charge in [0.15, 0.2) is 11.6 Å². The first-order valence-corrected chi connectivity index (χ1v) is 13.2. The van der Waals surface area contributed by atoms with E-state index in [1.165, 1.54) is 6.07 Å². The maximum atomic E-state index is 14.1. The third-order valence-corrected chi connectivity index (χ3v) is 8.01. The molecule has 2 atom stereocenters. The highest BCUT2D eigenvalue weighted by molar-refractivity contribution is 6.00. The molecule has 5 rings (SSSR count). The van der Waals surface area contributed by atoms with Gasteiger partial charge in [-0.25, -0.2) is 28.1 Å². The number of imide groups is 1. The molecule has 4 amide bonds. The van der Waals surface area contributed by atoms with E-state index < -0.39 is 41.3 Å². The Morgan fingerprint density at radius 1 is 1.15 bits per heavy atom. The number of nitrogens with one attached hydrogen (secondary N) is 2. The summed E-state index contributed by atoms with van der Waals surface area (Å²) in [4.78, 5) is 46.1. The van der Waals surface area contributed by atoms with Crippen LogP contribution in [0.1, 0.15) is 49.4 Å². The Morgan fingerprint density at radius 3 is 2.60 bits per heavy atom. The number of aliphatic hydroxyl groups is 1. The lowest BCUT2D eigenvalue weighted by molar-refractivity contribution is -0.136. The fourth-order valence-corrected chi connectivity index (χ4v) is 5.87. The van der Waals surface area contributed by atoms with E-state index in [4.69, 9.17) is 4.74 Å². The van der Waals surface area contributed by atoms with Gasteiger partial charge < -0.3 is 20.5 Å². The Morgan fingerprint density at radius 2 is 1.93 bits per heavy atom. The molecule has 2 fully saturated rings. The van der Waals surface area contributed by atoms with Crippen molar-refractivity contribution in [2.24, 2.45) is 0 Å². The zero-order valence-corrected chi connectivity index (χ0v) is 22.0. The van der Waals surface area contributed by atoms with Crippen LogP contribution in [0, 0.1) is 11.6 Å². The first-order valence-electron chi connectivity index (χ1n) is 13.2. The average molecular weight is 556 g/mol. The van der Waals surface area contributed by atoms with Gasteiger partial charge in [0.2, 0.25) is 0 Å². The van der Waals surface area contributed by atoms with E-state index in [1.54, 1.807) is 6.20 Å². The van der Waals surface area contributed by atoms with E-state index in [-0.39, 0.29) is 23.2 Å². The number of rotatable bonds is 5. The Kier molecular flexibility index (Phi) is 7.81. The molecule has 1 saturated carbocycles. The van der Waals surface area contributed by atoms with E-state index in [9.17, 15) is 28.3 Å². The molecule has 212 valence electrons. The van der Waals surface area contributed by atoms with E-state index in [0.29, 0.717) is 31.5 Å². The molecule has 3 aliphatic rings. The van der Waals surface area contributed by atoms with Gasteiger partial charge in [-0.2, -0.15) is 0 Å². The number of esters is 1. The number of hydrogen-bond donors (Lipinski definition) is 3. The van der Waals surface area contributed by atoms with Crippen molar-refractivity contribution < 1.29 is 33.0 Å². The maximum absolute atomic E-state index is 14.1. The molecule has 1 aromatic carbocycles. The van der Waals surface area contributed by atoms with E-state index >= 15 is 0 Å². The predicted molar refractivity (Wildman–Crippen MR) is 138 cm³/mol. The molecule has 2 aliphatic heterocycles. The van der Waals surface area contributed by atoms with Gasteiger partial charge in [-0.3, -0.25) is 9.88 Å². The molecule has 0 spiro atoms. The molecule has 12 heteroatoms. The molecule has 1 aromatic heterocycles. The van der Waals surface area contributed by atoms with Crippen molar-refractivity contribution >= 4 is 18.0 Å². The Labute approximate surface area is 230 Å². The minimum atomic E-state index is -1.32. The van der Waals surface area contributed by atoms with Crippen molar-refractivity contribution in [2.45, 2.75) is 55.8 Å². The van der Waals surface area contributed by atoms with Crippen LogP contribution >= 0.6 is 0 Å². The highest BCUT2D eigenvalue weighted by Gasteiger charge is 2.42. The first-order chi connectivity index (χ1) is 19.2. The van der Waals surface area contributed by atoms with Gasteiger partial charge in [-0.1, -0.05) is 12.1 Å². The normalized spacial score (nSPS) is 27.1. The molecular formula is C28H31F2N5O5. The molecule has 10 nitrogen and oxygen atoms in total. The number of methoxy groups -OCH3 is 1. The number of hydrogen-bond acceptors (Lipinski definition) is 7. The third-order valence-electron chi connectivity index (χ3n) is 8.01. The second-order valence-electron chi connectivity index (χ2n) is 10.4. The molecule has 3 N–H and O–H groups in total. The van der Waals surface area contributed by atoms with E-state index in [1.807, 2.05) is 18.2 Å². The Balaban J connectivity index is 1.26. The number of amides is 4. The molecule has 0 radical (unpaired) electrons. The van der Waals surface area contributed by atoms with Crippen LogP contribution in [0.25, 0.3) is 0 Å². The van der Waals surface area contributed by atoms with Crippen molar-refractivity contribution in [2.75, 3.05) is 20.2 Å². The Hall–Kier alpha value is -3.90. The fraction of sp³-hybridized carbons (Fsp3) is 0.429. The SMILES string of the molecule is COC(=O)C1=CNC(=O)N(C(=O)N[C@@H]2CCN(C3CCC(O)(c4ccccn4)CC3)C2)[C@H]1c1ccc(F)c(F)c1. The lowest BCUT2D eigenvalue weighted by Crippen LogP contribution is -2.55. The summed E-state index contributed by atoms with van der Waals surface area (Å²) < 4.78 is 32.5. The predicted octanol–water partition coefficient (Wildman–Crippen LogP) is 3.10. The van der Waals surface area contributed by atoms with Crippen molar-refractivity contribution in [1.29, 1.82) is 0 Å². The van der Waals surface area contributed by atoms with Gasteiger partial charge in [0, 0.05) is 37.6 Å². The molecule has 1 aliphatic carbocycles. The average Bonchev–Trinajstić information content (AvgIpc) is 3.43. The van der Waals surface area contributed by atoms with E-state index in [0.717, 1.165) is 49.7 Å².